The van der Waals surface area contributed by atoms with Gasteiger partial charge >= 0.3 is 5.97 Å². The molecule has 130 valence electrons. The maximum atomic E-state index is 12.5. The Bertz CT molecular complexity index is 859. The largest absolute Gasteiger partial charge is 0.455 e. The SMILES string of the molecule is COCc1c(C(=O)OCc2ccc(C(C)C)cc2)oc2ccccc12. The third-order valence-electron chi connectivity index (χ3n) is 4.19. The van der Waals surface area contributed by atoms with Crippen LogP contribution in [0.1, 0.15) is 47.0 Å². The highest BCUT2D eigenvalue weighted by atomic mass is 16.5. The molecule has 0 spiro atoms. The van der Waals surface area contributed by atoms with Gasteiger partial charge < -0.3 is 13.9 Å². The molecule has 0 saturated carbocycles. The molecule has 0 aliphatic heterocycles. The van der Waals surface area contributed by atoms with Gasteiger partial charge in [-0.3, -0.25) is 0 Å². The Morgan fingerprint density at radius 3 is 2.44 bits per heavy atom. The maximum absolute atomic E-state index is 12.5. The lowest BCUT2D eigenvalue weighted by atomic mass is 10.0. The van der Waals surface area contributed by atoms with Crippen molar-refractivity contribution >= 4 is 16.9 Å². The van der Waals surface area contributed by atoms with Crippen molar-refractivity contribution in [3.8, 4) is 0 Å². The quantitative estimate of drug-likeness (QED) is 0.590. The molecule has 4 heteroatoms. The number of hydrogen-bond acceptors (Lipinski definition) is 4. The van der Waals surface area contributed by atoms with Crippen LogP contribution in [0.4, 0.5) is 0 Å². The number of ether oxygens (including phenoxy) is 2. The minimum Gasteiger partial charge on any atom is -0.455 e. The monoisotopic (exact) mass is 338 g/mol. The molecule has 0 unspecified atom stereocenters. The highest BCUT2D eigenvalue weighted by Crippen LogP contribution is 2.27. The summed E-state index contributed by atoms with van der Waals surface area (Å²) in [6.45, 7) is 4.80. The fourth-order valence-electron chi connectivity index (χ4n) is 2.76. The molecule has 0 aliphatic carbocycles. The van der Waals surface area contributed by atoms with Crippen molar-refractivity contribution in [2.24, 2.45) is 0 Å². The average Bonchev–Trinajstić information content (AvgIpc) is 2.99. The second-order valence-corrected chi connectivity index (χ2v) is 6.31. The number of methoxy groups -OCH3 is 1. The fourth-order valence-corrected chi connectivity index (χ4v) is 2.76. The van der Waals surface area contributed by atoms with Crippen LogP contribution in [0, 0.1) is 0 Å². The number of rotatable bonds is 6. The predicted molar refractivity (Wildman–Crippen MR) is 96.6 cm³/mol. The lowest BCUT2D eigenvalue weighted by molar-refractivity contribution is 0.0432. The van der Waals surface area contributed by atoms with Crippen molar-refractivity contribution in [2.75, 3.05) is 7.11 Å². The van der Waals surface area contributed by atoms with Crippen molar-refractivity contribution in [1.29, 1.82) is 0 Å². The zero-order valence-corrected chi connectivity index (χ0v) is 14.7. The van der Waals surface area contributed by atoms with Gasteiger partial charge in [-0.2, -0.15) is 0 Å². The Morgan fingerprint density at radius 1 is 1.04 bits per heavy atom. The van der Waals surface area contributed by atoms with Crippen molar-refractivity contribution in [3.63, 3.8) is 0 Å². The first-order valence-electron chi connectivity index (χ1n) is 8.35. The van der Waals surface area contributed by atoms with E-state index < -0.39 is 5.97 Å². The Morgan fingerprint density at radius 2 is 1.76 bits per heavy atom. The predicted octanol–water partition coefficient (Wildman–Crippen LogP) is 5.06. The van der Waals surface area contributed by atoms with Crippen molar-refractivity contribution in [2.45, 2.75) is 33.0 Å². The van der Waals surface area contributed by atoms with Gasteiger partial charge in [-0.05, 0) is 23.1 Å². The summed E-state index contributed by atoms with van der Waals surface area (Å²) in [5.41, 5.74) is 3.58. The number of carbonyl (C=O) groups excluding carboxylic acids is 1. The van der Waals surface area contributed by atoms with Gasteiger partial charge in [0.05, 0.1) is 6.61 Å². The molecule has 0 bridgehead atoms. The average molecular weight is 338 g/mol. The summed E-state index contributed by atoms with van der Waals surface area (Å²) >= 11 is 0. The van der Waals surface area contributed by atoms with E-state index in [1.165, 1.54) is 5.56 Å². The molecule has 0 saturated heterocycles. The zero-order valence-electron chi connectivity index (χ0n) is 14.7. The number of para-hydroxylation sites is 1. The molecule has 25 heavy (non-hydrogen) atoms. The highest BCUT2D eigenvalue weighted by molar-refractivity contribution is 5.96. The van der Waals surface area contributed by atoms with Gasteiger partial charge in [-0.25, -0.2) is 4.79 Å². The maximum Gasteiger partial charge on any atom is 0.374 e. The number of benzene rings is 2. The Balaban J connectivity index is 1.77. The summed E-state index contributed by atoms with van der Waals surface area (Å²) in [5.74, 6) is 0.210. The van der Waals surface area contributed by atoms with Gasteiger partial charge in [0.25, 0.3) is 0 Å². The molecule has 0 N–H and O–H groups in total. The number of carbonyl (C=O) groups is 1. The molecule has 3 rings (SSSR count). The van der Waals surface area contributed by atoms with Crippen molar-refractivity contribution in [1.82, 2.24) is 0 Å². The van der Waals surface area contributed by atoms with Gasteiger partial charge in [-0.15, -0.1) is 0 Å². The Labute approximate surface area is 147 Å². The third-order valence-corrected chi connectivity index (χ3v) is 4.19. The molecule has 4 nitrogen and oxygen atoms in total. The van der Waals surface area contributed by atoms with Crippen LogP contribution >= 0.6 is 0 Å². The summed E-state index contributed by atoms with van der Waals surface area (Å²) in [6, 6.07) is 15.6. The van der Waals surface area contributed by atoms with E-state index in [2.05, 4.69) is 26.0 Å². The molecule has 3 aromatic rings. The van der Waals surface area contributed by atoms with Gasteiger partial charge in [0, 0.05) is 18.1 Å². The summed E-state index contributed by atoms with van der Waals surface area (Å²) in [7, 11) is 1.59. The van der Waals surface area contributed by atoms with Gasteiger partial charge in [0.1, 0.15) is 12.2 Å². The second kappa shape index (κ2) is 7.53. The third kappa shape index (κ3) is 3.74. The minimum absolute atomic E-state index is 0.209. The number of furan rings is 1. The van der Waals surface area contributed by atoms with Crippen LogP contribution in [-0.4, -0.2) is 13.1 Å². The van der Waals surface area contributed by atoms with Crippen LogP contribution in [-0.2, 0) is 22.7 Å². The van der Waals surface area contributed by atoms with Crippen LogP contribution in [0.5, 0.6) is 0 Å². The molecular formula is C21H22O4. The van der Waals surface area contributed by atoms with E-state index >= 15 is 0 Å². The van der Waals surface area contributed by atoms with E-state index in [0.717, 1.165) is 16.5 Å². The fraction of sp³-hybridized carbons (Fsp3) is 0.286. The van der Waals surface area contributed by atoms with E-state index in [9.17, 15) is 4.79 Å². The number of hydrogen-bond donors (Lipinski definition) is 0. The highest BCUT2D eigenvalue weighted by Gasteiger charge is 2.21. The van der Waals surface area contributed by atoms with Gasteiger partial charge in [-0.1, -0.05) is 56.3 Å². The van der Waals surface area contributed by atoms with Crippen LogP contribution < -0.4 is 0 Å². The van der Waals surface area contributed by atoms with Crippen molar-refractivity contribution in [3.05, 3.63) is 71.0 Å². The van der Waals surface area contributed by atoms with Crippen LogP contribution in [0.3, 0.4) is 0 Å². The Kier molecular flexibility index (Phi) is 5.19. The van der Waals surface area contributed by atoms with E-state index in [1.54, 1.807) is 7.11 Å². The molecule has 0 fully saturated rings. The number of esters is 1. The molecule has 0 radical (unpaired) electrons. The van der Waals surface area contributed by atoms with Gasteiger partial charge in [0.15, 0.2) is 0 Å². The first-order valence-corrected chi connectivity index (χ1v) is 8.35. The first-order chi connectivity index (χ1) is 12.1. The summed E-state index contributed by atoms with van der Waals surface area (Å²) < 4.78 is 16.4. The summed E-state index contributed by atoms with van der Waals surface area (Å²) in [5, 5.41) is 0.873. The van der Waals surface area contributed by atoms with Crippen LogP contribution in [0.25, 0.3) is 11.0 Å². The second-order valence-electron chi connectivity index (χ2n) is 6.31. The van der Waals surface area contributed by atoms with E-state index in [-0.39, 0.29) is 12.4 Å². The topological polar surface area (TPSA) is 48.7 Å². The van der Waals surface area contributed by atoms with E-state index in [4.69, 9.17) is 13.9 Å². The molecule has 1 aromatic heterocycles. The summed E-state index contributed by atoms with van der Waals surface area (Å²) in [4.78, 5) is 12.5. The van der Waals surface area contributed by atoms with Crippen molar-refractivity contribution < 1.29 is 18.7 Å². The normalized spacial score (nSPS) is 11.2. The summed E-state index contributed by atoms with van der Waals surface area (Å²) in [6.07, 6.45) is 0. The Hall–Kier alpha value is -2.59. The lowest BCUT2D eigenvalue weighted by Crippen LogP contribution is -2.07. The van der Waals surface area contributed by atoms with Crippen LogP contribution in [0.15, 0.2) is 52.9 Å². The van der Waals surface area contributed by atoms with E-state index in [0.29, 0.717) is 18.1 Å². The first kappa shape index (κ1) is 17.2. The zero-order chi connectivity index (χ0) is 17.8. The molecule has 1 heterocycles. The molecule has 0 atom stereocenters. The van der Waals surface area contributed by atoms with E-state index in [1.807, 2.05) is 36.4 Å². The molecule has 0 amide bonds. The van der Waals surface area contributed by atoms with Gasteiger partial charge in [0.2, 0.25) is 5.76 Å². The minimum atomic E-state index is -0.476. The molecular weight excluding hydrogens is 316 g/mol. The number of fused-ring (bicyclic) bond motifs is 1. The standard InChI is InChI=1S/C21H22O4/c1-14(2)16-10-8-15(9-11-16)12-24-21(22)20-18(13-23-3)17-6-4-5-7-19(17)25-20/h4-11,14H,12-13H2,1-3H3. The smallest absolute Gasteiger partial charge is 0.374 e. The lowest BCUT2D eigenvalue weighted by Gasteiger charge is -2.08. The van der Waals surface area contributed by atoms with Crippen LogP contribution in [0.2, 0.25) is 0 Å². The molecule has 2 aromatic carbocycles. The molecule has 0 aliphatic rings.